The number of benzene rings is 2. The SMILES string of the molecule is CCCCn1c(S[C@H](C)C(=O)Nc2ccc(F)cc2)nc2ccccc2c1=O. The molecule has 1 aromatic heterocycles. The first-order chi connectivity index (χ1) is 13.5. The molecule has 1 amide bonds. The molecule has 146 valence electrons. The number of hydrogen-bond donors (Lipinski definition) is 1. The van der Waals surface area contributed by atoms with E-state index in [-0.39, 0.29) is 17.3 Å². The fraction of sp³-hybridized carbons (Fsp3) is 0.286. The summed E-state index contributed by atoms with van der Waals surface area (Å²) < 4.78 is 14.7. The first-order valence-electron chi connectivity index (χ1n) is 9.22. The number of halogens is 1. The molecule has 5 nitrogen and oxygen atoms in total. The molecular weight excluding hydrogens is 377 g/mol. The first-order valence-corrected chi connectivity index (χ1v) is 10.1. The summed E-state index contributed by atoms with van der Waals surface area (Å²) in [5, 5.41) is 3.38. The number of aromatic nitrogens is 2. The second-order valence-electron chi connectivity index (χ2n) is 6.48. The van der Waals surface area contributed by atoms with E-state index < -0.39 is 5.25 Å². The molecule has 0 spiro atoms. The fourth-order valence-corrected chi connectivity index (χ4v) is 3.67. The average Bonchev–Trinajstić information content (AvgIpc) is 2.69. The third-order valence-corrected chi connectivity index (χ3v) is 5.42. The number of thioether (sulfide) groups is 1. The number of rotatable bonds is 7. The molecule has 3 aromatic rings. The van der Waals surface area contributed by atoms with E-state index in [1.807, 2.05) is 12.1 Å². The summed E-state index contributed by atoms with van der Waals surface area (Å²) in [4.78, 5) is 30.1. The molecule has 7 heteroatoms. The highest BCUT2D eigenvalue weighted by molar-refractivity contribution is 8.00. The Kier molecular flexibility index (Phi) is 6.46. The van der Waals surface area contributed by atoms with Crippen LogP contribution in [0.2, 0.25) is 0 Å². The molecule has 0 radical (unpaired) electrons. The van der Waals surface area contributed by atoms with Gasteiger partial charge in [0.15, 0.2) is 5.16 Å². The first kappa shape index (κ1) is 20.1. The van der Waals surface area contributed by atoms with Crippen LogP contribution >= 0.6 is 11.8 Å². The standard InChI is InChI=1S/C21H22FN3O2S/c1-3-4-13-25-20(27)17-7-5-6-8-18(17)24-21(25)28-14(2)19(26)23-16-11-9-15(22)10-12-16/h5-12,14H,3-4,13H2,1-2H3,(H,23,26)/t14-/m1/s1. The Morgan fingerprint density at radius 3 is 2.64 bits per heavy atom. The van der Waals surface area contributed by atoms with E-state index in [2.05, 4.69) is 17.2 Å². The van der Waals surface area contributed by atoms with E-state index >= 15 is 0 Å². The molecule has 0 saturated carbocycles. The molecule has 0 fully saturated rings. The largest absolute Gasteiger partial charge is 0.325 e. The van der Waals surface area contributed by atoms with Gasteiger partial charge in [-0.1, -0.05) is 37.2 Å². The molecule has 0 unspecified atom stereocenters. The highest BCUT2D eigenvalue weighted by atomic mass is 32.2. The minimum atomic E-state index is -0.481. The van der Waals surface area contributed by atoms with Gasteiger partial charge in [0.25, 0.3) is 5.56 Å². The zero-order chi connectivity index (χ0) is 20.1. The van der Waals surface area contributed by atoms with E-state index in [1.165, 1.54) is 36.0 Å². The van der Waals surface area contributed by atoms with E-state index in [4.69, 9.17) is 0 Å². The topological polar surface area (TPSA) is 64.0 Å². The van der Waals surface area contributed by atoms with Crippen LogP contribution in [-0.4, -0.2) is 20.7 Å². The predicted octanol–water partition coefficient (Wildman–Crippen LogP) is 4.46. The Hall–Kier alpha value is -2.67. The number of anilines is 1. The zero-order valence-corrected chi connectivity index (χ0v) is 16.6. The van der Waals surface area contributed by atoms with Crippen LogP contribution in [0.25, 0.3) is 10.9 Å². The second kappa shape index (κ2) is 9.01. The summed E-state index contributed by atoms with van der Waals surface area (Å²) in [6, 6.07) is 12.8. The molecule has 0 aliphatic rings. The summed E-state index contributed by atoms with van der Waals surface area (Å²) in [6.07, 6.45) is 1.80. The summed E-state index contributed by atoms with van der Waals surface area (Å²) in [6.45, 7) is 4.38. The van der Waals surface area contributed by atoms with Crippen LogP contribution in [-0.2, 0) is 11.3 Å². The van der Waals surface area contributed by atoms with E-state index in [0.717, 1.165) is 12.8 Å². The van der Waals surface area contributed by atoms with Crippen molar-refractivity contribution in [2.24, 2.45) is 0 Å². The lowest BCUT2D eigenvalue weighted by Gasteiger charge is -2.16. The van der Waals surface area contributed by atoms with Gasteiger partial charge in [-0.25, -0.2) is 9.37 Å². The van der Waals surface area contributed by atoms with Crippen LogP contribution in [0.15, 0.2) is 58.5 Å². The van der Waals surface area contributed by atoms with Crippen molar-refractivity contribution in [2.45, 2.75) is 43.6 Å². The minimum absolute atomic E-state index is 0.0901. The van der Waals surface area contributed by atoms with E-state index in [9.17, 15) is 14.0 Å². The third kappa shape index (κ3) is 4.59. The molecule has 0 aliphatic heterocycles. The minimum Gasteiger partial charge on any atom is -0.325 e. The lowest BCUT2D eigenvalue weighted by molar-refractivity contribution is -0.115. The molecule has 28 heavy (non-hydrogen) atoms. The van der Waals surface area contributed by atoms with Gasteiger partial charge in [-0.2, -0.15) is 0 Å². The highest BCUT2D eigenvalue weighted by Crippen LogP contribution is 2.24. The summed E-state index contributed by atoms with van der Waals surface area (Å²) in [7, 11) is 0. The molecule has 1 N–H and O–H groups in total. The number of fused-ring (bicyclic) bond motifs is 1. The molecule has 0 bridgehead atoms. The van der Waals surface area contributed by atoms with Gasteiger partial charge in [0, 0.05) is 12.2 Å². The molecule has 0 saturated heterocycles. The van der Waals surface area contributed by atoms with Gasteiger partial charge in [-0.15, -0.1) is 0 Å². The highest BCUT2D eigenvalue weighted by Gasteiger charge is 2.19. The predicted molar refractivity (Wildman–Crippen MR) is 111 cm³/mol. The van der Waals surface area contributed by atoms with E-state index in [0.29, 0.717) is 28.3 Å². The Morgan fingerprint density at radius 2 is 1.93 bits per heavy atom. The normalized spacial score (nSPS) is 12.1. The van der Waals surface area contributed by atoms with Gasteiger partial charge in [0.1, 0.15) is 5.82 Å². The number of para-hydroxylation sites is 1. The molecule has 2 aromatic carbocycles. The van der Waals surface area contributed by atoms with Crippen molar-refractivity contribution in [2.75, 3.05) is 5.32 Å². The Labute approximate surface area is 167 Å². The Balaban J connectivity index is 1.86. The number of hydrogen-bond acceptors (Lipinski definition) is 4. The van der Waals surface area contributed by atoms with Crippen LogP contribution in [0.5, 0.6) is 0 Å². The molecule has 1 atom stereocenters. The number of carbonyl (C=O) groups excluding carboxylic acids is 1. The quantitative estimate of drug-likeness (QED) is 0.471. The lowest BCUT2D eigenvalue weighted by Crippen LogP contribution is -2.27. The van der Waals surface area contributed by atoms with Crippen LogP contribution in [0, 0.1) is 5.82 Å². The molecule has 0 aliphatic carbocycles. The average molecular weight is 399 g/mol. The van der Waals surface area contributed by atoms with E-state index in [1.54, 1.807) is 23.6 Å². The zero-order valence-electron chi connectivity index (χ0n) is 15.8. The summed E-state index contributed by atoms with van der Waals surface area (Å²) in [5.41, 5.74) is 1.05. The van der Waals surface area contributed by atoms with Gasteiger partial charge in [0.2, 0.25) is 5.91 Å². The van der Waals surface area contributed by atoms with Crippen LogP contribution in [0.3, 0.4) is 0 Å². The third-order valence-electron chi connectivity index (χ3n) is 4.33. The monoisotopic (exact) mass is 399 g/mol. The van der Waals surface area contributed by atoms with Gasteiger partial charge < -0.3 is 5.32 Å². The van der Waals surface area contributed by atoms with Crippen molar-refractivity contribution < 1.29 is 9.18 Å². The smallest absolute Gasteiger partial charge is 0.262 e. The number of nitrogens with zero attached hydrogens (tertiary/aromatic N) is 2. The van der Waals surface area contributed by atoms with Gasteiger partial charge in [-0.3, -0.25) is 14.2 Å². The maximum absolute atomic E-state index is 13.0. The maximum atomic E-state index is 13.0. The van der Waals surface area contributed by atoms with Crippen molar-refractivity contribution in [3.8, 4) is 0 Å². The molecule has 3 rings (SSSR count). The fourth-order valence-electron chi connectivity index (χ4n) is 2.74. The number of carbonyl (C=O) groups is 1. The van der Waals surface area contributed by atoms with Crippen molar-refractivity contribution in [3.63, 3.8) is 0 Å². The van der Waals surface area contributed by atoms with Crippen molar-refractivity contribution in [1.29, 1.82) is 0 Å². The second-order valence-corrected chi connectivity index (χ2v) is 7.79. The van der Waals surface area contributed by atoms with Crippen LogP contribution in [0.1, 0.15) is 26.7 Å². The van der Waals surface area contributed by atoms with Crippen LogP contribution in [0.4, 0.5) is 10.1 Å². The van der Waals surface area contributed by atoms with Gasteiger partial charge >= 0.3 is 0 Å². The van der Waals surface area contributed by atoms with Gasteiger partial charge in [0.05, 0.1) is 16.2 Å². The lowest BCUT2D eigenvalue weighted by atomic mass is 10.2. The number of nitrogens with one attached hydrogen (secondary N) is 1. The molecule has 1 heterocycles. The Morgan fingerprint density at radius 1 is 1.21 bits per heavy atom. The summed E-state index contributed by atoms with van der Waals surface area (Å²) >= 11 is 1.25. The van der Waals surface area contributed by atoms with Crippen molar-refractivity contribution >= 4 is 34.3 Å². The van der Waals surface area contributed by atoms with Gasteiger partial charge in [-0.05, 0) is 49.7 Å². The van der Waals surface area contributed by atoms with Crippen LogP contribution < -0.4 is 10.9 Å². The number of amides is 1. The van der Waals surface area contributed by atoms with Crippen molar-refractivity contribution in [1.82, 2.24) is 9.55 Å². The summed E-state index contributed by atoms with van der Waals surface area (Å²) in [5.74, 6) is -0.596. The molecular formula is C21H22FN3O2S. The van der Waals surface area contributed by atoms with Crippen molar-refractivity contribution in [3.05, 3.63) is 64.7 Å². The maximum Gasteiger partial charge on any atom is 0.262 e. The number of unbranched alkanes of at least 4 members (excludes halogenated alkanes) is 1. The Bertz CT molecular complexity index is 1030.